The van der Waals surface area contributed by atoms with E-state index in [2.05, 4.69) is 5.32 Å². The first-order valence-electron chi connectivity index (χ1n) is 7.64. The van der Waals surface area contributed by atoms with Crippen LogP contribution in [-0.4, -0.2) is 19.1 Å². The van der Waals surface area contributed by atoms with E-state index in [1.165, 1.54) is 10.8 Å². The van der Waals surface area contributed by atoms with Gasteiger partial charge in [-0.3, -0.25) is 4.79 Å². The molecule has 0 unspecified atom stereocenters. The van der Waals surface area contributed by atoms with Gasteiger partial charge in [0, 0.05) is 16.5 Å². The van der Waals surface area contributed by atoms with Crippen LogP contribution < -0.4 is 14.8 Å². The van der Waals surface area contributed by atoms with E-state index in [1.807, 2.05) is 47.8 Å². The Morgan fingerprint density at radius 1 is 1.04 bits per heavy atom. The molecule has 120 valence electrons. The first kappa shape index (κ1) is 14.8. The summed E-state index contributed by atoms with van der Waals surface area (Å²) in [5, 5.41) is 6.05. The molecular weight excluding hydrogens is 322 g/mol. The molecule has 0 atom stereocenters. The lowest BCUT2D eigenvalue weighted by atomic mass is 10.1. The van der Waals surface area contributed by atoms with Gasteiger partial charge in [-0.1, -0.05) is 6.07 Å². The molecule has 4 rings (SSSR count). The van der Waals surface area contributed by atoms with Crippen molar-refractivity contribution >= 4 is 39.1 Å². The van der Waals surface area contributed by atoms with Crippen LogP contribution in [0.4, 0.5) is 5.69 Å². The lowest BCUT2D eigenvalue weighted by molar-refractivity contribution is -0.111. The van der Waals surface area contributed by atoms with Gasteiger partial charge < -0.3 is 14.8 Å². The van der Waals surface area contributed by atoms with Gasteiger partial charge in [-0.2, -0.15) is 0 Å². The molecule has 0 aliphatic carbocycles. The molecule has 1 aliphatic heterocycles. The normalized spacial score (nSPS) is 13.3. The maximum atomic E-state index is 12.1. The van der Waals surface area contributed by atoms with Crippen molar-refractivity contribution in [3.63, 3.8) is 0 Å². The Morgan fingerprint density at radius 3 is 2.83 bits per heavy atom. The molecule has 0 bridgehead atoms. The van der Waals surface area contributed by atoms with Crippen molar-refractivity contribution in [2.45, 2.75) is 0 Å². The van der Waals surface area contributed by atoms with Gasteiger partial charge in [-0.05, 0) is 58.8 Å². The summed E-state index contributed by atoms with van der Waals surface area (Å²) < 4.78 is 12.2. The molecule has 3 aromatic rings. The standard InChI is InChI=1S/C19H15NO3S/c21-19(20-15-3-5-18-14(12-15)7-10-24-18)6-2-13-1-4-16-17(11-13)23-9-8-22-16/h1-7,10-12H,8-9H2,(H,20,21)/b6-2+. The van der Waals surface area contributed by atoms with E-state index in [1.54, 1.807) is 17.4 Å². The Morgan fingerprint density at radius 2 is 1.92 bits per heavy atom. The highest BCUT2D eigenvalue weighted by atomic mass is 32.1. The minimum atomic E-state index is -0.167. The van der Waals surface area contributed by atoms with Crippen molar-refractivity contribution in [3.8, 4) is 11.5 Å². The van der Waals surface area contributed by atoms with E-state index in [-0.39, 0.29) is 5.91 Å². The Balaban J connectivity index is 1.46. The largest absolute Gasteiger partial charge is 0.486 e. The molecule has 24 heavy (non-hydrogen) atoms. The highest BCUT2D eigenvalue weighted by Crippen LogP contribution is 2.31. The van der Waals surface area contributed by atoms with Crippen molar-refractivity contribution in [1.29, 1.82) is 0 Å². The fourth-order valence-electron chi connectivity index (χ4n) is 2.56. The van der Waals surface area contributed by atoms with Crippen LogP contribution in [0.5, 0.6) is 11.5 Å². The second kappa shape index (κ2) is 6.37. The first-order valence-corrected chi connectivity index (χ1v) is 8.52. The number of carbonyl (C=O) groups excluding carboxylic acids is 1. The molecule has 5 heteroatoms. The maximum Gasteiger partial charge on any atom is 0.248 e. The molecule has 0 saturated carbocycles. The molecule has 1 aromatic heterocycles. The van der Waals surface area contributed by atoms with Crippen LogP contribution in [0, 0.1) is 0 Å². The first-order chi connectivity index (χ1) is 11.8. The summed E-state index contributed by atoms with van der Waals surface area (Å²) >= 11 is 1.68. The predicted molar refractivity (Wildman–Crippen MR) is 96.9 cm³/mol. The van der Waals surface area contributed by atoms with Gasteiger partial charge in [0.05, 0.1) is 0 Å². The van der Waals surface area contributed by atoms with E-state index in [9.17, 15) is 4.79 Å². The van der Waals surface area contributed by atoms with E-state index in [0.717, 1.165) is 22.4 Å². The number of ether oxygens (including phenoxy) is 2. The average molecular weight is 337 g/mol. The Labute approximate surface area is 143 Å². The third kappa shape index (κ3) is 3.12. The minimum absolute atomic E-state index is 0.167. The van der Waals surface area contributed by atoms with Crippen molar-refractivity contribution in [2.24, 2.45) is 0 Å². The second-order valence-corrected chi connectivity index (χ2v) is 6.35. The second-order valence-electron chi connectivity index (χ2n) is 5.40. The molecule has 4 nitrogen and oxygen atoms in total. The van der Waals surface area contributed by atoms with Crippen LogP contribution in [-0.2, 0) is 4.79 Å². The lowest BCUT2D eigenvalue weighted by Crippen LogP contribution is -2.15. The zero-order valence-corrected chi connectivity index (χ0v) is 13.6. The number of benzene rings is 2. The maximum absolute atomic E-state index is 12.1. The molecule has 1 aliphatic rings. The number of hydrogen-bond acceptors (Lipinski definition) is 4. The monoisotopic (exact) mass is 337 g/mol. The van der Waals surface area contributed by atoms with Crippen LogP contribution >= 0.6 is 11.3 Å². The van der Waals surface area contributed by atoms with Crippen molar-refractivity contribution in [2.75, 3.05) is 18.5 Å². The number of rotatable bonds is 3. The smallest absolute Gasteiger partial charge is 0.248 e. The third-order valence-corrected chi connectivity index (χ3v) is 4.61. The molecule has 2 aromatic carbocycles. The molecular formula is C19H15NO3S. The van der Waals surface area contributed by atoms with Gasteiger partial charge in [0.1, 0.15) is 13.2 Å². The van der Waals surface area contributed by atoms with Crippen LogP contribution in [0.3, 0.4) is 0 Å². The summed E-state index contributed by atoms with van der Waals surface area (Å²) in [6.07, 6.45) is 3.28. The van der Waals surface area contributed by atoms with Gasteiger partial charge in [0.25, 0.3) is 0 Å². The van der Waals surface area contributed by atoms with Gasteiger partial charge in [-0.25, -0.2) is 0 Å². The van der Waals surface area contributed by atoms with E-state index >= 15 is 0 Å². The number of carbonyl (C=O) groups is 1. The summed E-state index contributed by atoms with van der Waals surface area (Å²) in [4.78, 5) is 12.1. The Bertz CT molecular complexity index is 929. The summed E-state index contributed by atoms with van der Waals surface area (Å²) in [5.41, 5.74) is 1.68. The number of anilines is 1. The summed E-state index contributed by atoms with van der Waals surface area (Å²) in [6.45, 7) is 1.12. The molecule has 0 saturated heterocycles. The predicted octanol–water partition coefficient (Wildman–Crippen LogP) is 4.32. The number of thiophene rings is 1. The highest BCUT2D eigenvalue weighted by molar-refractivity contribution is 7.17. The molecule has 0 fully saturated rings. The quantitative estimate of drug-likeness (QED) is 0.724. The number of nitrogens with one attached hydrogen (secondary N) is 1. The van der Waals surface area contributed by atoms with E-state index in [4.69, 9.17) is 9.47 Å². The van der Waals surface area contributed by atoms with Crippen LogP contribution in [0.1, 0.15) is 5.56 Å². The van der Waals surface area contributed by atoms with Crippen molar-refractivity contribution < 1.29 is 14.3 Å². The van der Waals surface area contributed by atoms with E-state index in [0.29, 0.717) is 19.0 Å². The fourth-order valence-corrected chi connectivity index (χ4v) is 3.33. The molecule has 0 spiro atoms. The van der Waals surface area contributed by atoms with E-state index < -0.39 is 0 Å². The highest BCUT2D eigenvalue weighted by Gasteiger charge is 2.10. The fraction of sp³-hybridized carbons (Fsp3) is 0.105. The topological polar surface area (TPSA) is 47.6 Å². The summed E-state index contributed by atoms with van der Waals surface area (Å²) in [7, 11) is 0. The minimum Gasteiger partial charge on any atom is -0.486 e. The van der Waals surface area contributed by atoms with Gasteiger partial charge >= 0.3 is 0 Å². The van der Waals surface area contributed by atoms with Crippen molar-refractivity contribution in [3.05, 3.63) is 59.5 Å². The zero-order chi connectivity index (χ0) is 16.4. The number of fused-ring (bicyclic) bond motifs is 2. The van der Waals surface area contributed by atoms with Crippen LogP contribution in [0.25, 0.3) is 16.2 Å². The lowest BCUT2D eigenvalue weighted by Gasteiger charge is -2.18. The Hall–Kier alpha value is -2.79. The Kier molecular flexibility index (Phi) is 3.92. The zero-order valence-electron chi connectivity index (χ0n) is 12.8. The molecule has 0 radical (unpaired) electrons. The van der Waals surface area contributed by atoms with Gasteiger partial charge in [-0.15, -0.1) is 11.3 Å². The number of hydrogen-bond donors (Lipinski definition) is 1. The molecule has 1 N–H and O–H groups in total. The molecule has 2 heterocycles. The van der Waals surface area contributed by atoms with Crippen LogP contribution in [0.2, 0.25) is 0 Å². The van der Waals surface area contributed by atoms with Gasteiger partial charge in [0.15, 0.2) is 11.5 Å². The summed E-state index contributed by atoms with van der Waals surface area (Å²) in [6, 6.07) is 13.6. The molecule has 1 amide bonds. The average Bonchev–Trinajstić information content (AvgIpc) is 3.07. The number of amides is 1. The van der Waals surface area contributed by atoms with Gasteiger partial charge in [0.2, 0.25) is 5.91 Å². The third-order valence-electron chi connectivity index (χ3n) is 3.71. The summed E-state index contributed by atoms with van der Waals surface area (Å²) in [5.74, 6) is 1.29. The van der Waals surface area contributed by atoms with Crippen LogP contribution in [0.15, 0.2) is 53.9 Å². The SMILES string of the molecule is O=C(/C=C/c1ccc2c(c1)OCCO2)Nc1ccc2sccc2c1. The van der Waals surface area contributed by atoms with Crippen molar-refractivity contribution in [1.82, 2.24) is 0 Å².